The SMILES string of the molecule is CC(=O)NCc1ccc(S(=O)(=O)N(c2ccc(N)cc2)[C@@H]2CS(=O)(=O)C[C@H]2O)cc1. The fourth-order valence-corrected chi connectivity index (χ4v) is 6.83. The number of carbonyl (C=O) groups excluding carboxylic acids is 1. The van der Waals surface area contributed by atoms with Gasteiger partial charge in [-0.2, -0.15) is 0 Å². The standard InChI is InChI=1S/C19H23N3O6S2/c1-13(23)21-10-14-2-8-17(9-3-14)30(27,28)22(16-6-4-15(20)5-7-16)18-11-29(25,26)12-19(18)24/h2-9,18-19,24H,10-12,20H2,1H3,(H,21,23)/t18-,19-/m1/s1. The van der Waals surface area contributed by atoms with Crippen LogP contribution in [0.4, 0.5) is 11.4 Å². The van der Waals surface area contributed by atoms with Crippen molar-refractivity contribution in [2.75, 3.05) is 21.5 Å². The smallest absolute Gasteiger partial charge is 0.264 e. The Morgan fingerprint density at radius 3 is 2.23 bits per heavy atom. The van der Waals surface area contributed by atoms with E-state index in [1.807, 2.05) is 0 Å². The van der Waals surface area contributed by atoms with Gasteiger partial charge in [-0.1, -0.05) is 12.1 Å². The first-order valence-electron chi connectivity index (χ1n) is 9.11. The van der Waals surface area contributed by atoms with E-state index in [1.165, 1.54) is 43.3 Å². The van der Waals surface area contributed by atoms with Crippen LogP contribution in [0.5, 0.6) is 0 Å². The minimum absolute atomic E-state index is 0.0672. The molecular weight excluding hydrogens is 430 g/mol. The molecule has 0 saturated carbocycles. The monoisotopic (exact) mass is 453 g/mol. The molecule has 0 radical (unpaired) electrons. The maximum Gasteiger partial charge on any atom is 0.264 e. The van der Waals surface area contributed by atoms with Crippen LogP contribution in [0, 0.1) is 0 Å². The summed E-state index contributed by atoms with van der Waals surface area (Å²) in [6.07, 6.45) is -1.36. The highest BCUT2D eigenvalue weighted by atomic mass is 32.2. The molecule has 1 aliphatic rings. The van der Waals surface area contributed by atoms with E-state index < -0.39 is 43.5 Å². The summed E-state index contributed by atoms with van der Waals surface area (Å²) < 4.78 is 51.9. The molecular formula is C19H23N3O6S2. The topological polar surface area (TPSA) is 147 Å². The van der Waals surface area contributed by atoms with Gasteiger partial charge in [-0.25, -0.2) is 16.8 Å². The molecule has 162 valence electrons. The Morgan fingerprint density at radius 1 is 1.13 bits per heavy atom. The van der Waals surface area contributed by atoms with Crippen LogP contribution in [0.15, 0.2) is 53.4 Å². The van der Waals surface area contributed by atoms with Crippen molar-refractivity contribution < 1.29 is 26.7 Å². The summed E-state index contributed by atoms with van der Waals surface area (Å²) in [4.78, 5) is 11.0. The van der Waals surface area contributed by atoms with Crippen molar-refractivity contribution in [3.05, 3.63) is 54.1 Å². The number of sulfonamides is 1. The highest BCUT2D eigenvalue weighted by Gasteiger charge is 2.45. The van der Waals surface area contributed by atoms with Crippen molar-refractivity contribution in [2.45, 2.75) is 30.5 Å². The molecule has 9 nitrogen and oxygen atoms in total. The lowest BCUT2D eigenvalue weighted by Crippen LogP contribution is -2.47. The van der Waals surface area contributed by atoms with Gasteiger partial charge in [0.15, 0.2) is 9.84 Å². The van der Waals surface area contributed by atoms with E-state index in [9.17, 15) is 26.7 Å². The number of nitrogens with one attached hydrogen (secondary N) is 1. The van der Waals surface area contributed by atoms with Gasteiger partial charge in [0.1, 0.15) is 0 Å². The highest BCUT2D eigenvalue weighted by molar-refractivity contribution is 7.93. The molecule has 1 aliphatic heterocycles. The third-order valence-corrected chi connectivity index (χ3v) is 8.33. The first-order chi connectivity index (χ1) is 14.0. The molecule has 0 aliphatic carbocycles. The van der Waals surface area contributed by atoms with Crippen LogP contribution < -0.4 is 15.4 Å². The summed E-state index contributed by atoms with van der Waals surface area (Å²) in [5.41, 5.74) is 7.01. The van der Waals surface area contributed by atoms with Crippen LogP contribution in [0.1, 0.15) is 12.5 Å². The van der Waals surface area contributed by atoms with Gasteiger partial charge in [-0.3, -0.25) is 9.10 Å². The Balaban J connectivity index is 2.02. The fourth-order valence-electron chi connectivity index (χ4n) is 3.28. The first-order valence-corrected chi connectivity index (χ1v) is 12.4. The average molecular weight is 454 g/mol. The summed E-state index contributed by atoms with van der Waals surface area (Å²) in [6.45, 7) is 1.63. The van der Waals surface area contributed by atoms with Crippen molar-refractivity contribution in [3.8, 4) is 0 Å². The minimum Gasteiger partial charge on any atom is -0.399 e. The number of sulfone groups is 1. The predicted octanol–water partition coefficient (Wildman–Crippen LogP) is 0.258. The quantitative estimate of drug-likeness (QED) is 0.532. The van der Waals surface area contributed by atoms with Crippen LogP contribution in [0.25, 0.3) is 0 Å². The minimum atomic E-state index is -4.20. The van der Waals surface area contributed by atoms with Gasteiger partial charge in [-0.15, -0.1) is 0 Å². The van der Waals surface area contributed by atoms with Crippen LogP contribution in [-0.2, 0) is 31.2 Å². The zero-order valence-electron chi connectivity index (χ0n) is 16.2. The number of nitrogen functional groups attached to an aromatic ring is 1. The van der Waals surface area contributed by atoms with Gasteiger partial charge in [0.05, 0.1) is 34.2 Å². The molecule has 0 spiro atoms. The zero-order chi connectivity index (χ0) is 22.1. The Labute approximate surface area is 175 Å². The number of anilines is 2. The second kappa shape index (κ2) is 8.25. The zero-order valence-corrected chi connectivity index (χ0v) is 17.9. The van der Waals surface area contributed by atoms with E-state index in [0.29, 0.717) is 11.3 Å². The molecule has 0 bridgehead atoms. The van der Waals surface area contributed by atoms with Crippen molar-refractivity contribution >= 4 is 37.1 Å². The summed E-state index contributed by atoms with van der Waals surface area (Å²) in [7, 11) is -7.79. The molecule has 1 heterocycles. The van der Waals surface area contributed by atoms with Gasteiger partial charge >= 0.3 is 0 Å². The lowest BCUT2D eigenvalue weighted by molar-refractivity contribution is -0.119. The van der Waals surface area contributed by atoms with E-state index in [4.69, 9.17) is 5.73 Å². The number of carbonyl (C=O) groups is 1. The lowest BCUT2D eigenvalue weighted by Gasteiger charge is -2.31. The molecule has 2 atom stereocenters. The maximum absolute atomic E-state index is 13.5. The molecule has 2 aromatic carbocycles. The first kappa shape index (κ1) is 22.1. The molecule has 30 heavy (non-hydrogen) atoms. The molecule has 1 amide bonds. The second-order valence-corrected chi connectivity index (χ2v) is 11.1. The molecule has 11 heteroatoms. The normalized spacial score (nSPS) is 20.6. The van der Waals surface area contributed by atoms with Gasteiger partial charge in [-0.05, 0) is 42.0 Å². The summed E-state index contributed by atoms with van der Waals surface area (Å²) >= 11 is 0. The number of hydrogen-bond donors (Lipinski definition) is 3. The number of hydrogen-bond acceptors (Lipinski definition) is 7. The molecule has 0 aromatic heterocycles. The number of benzene rings is 2. The number of aliphatic hydroxyl groups excluding tert-OH is 1. The molecule has 4 N–H and O–H groups in total. The van der Waals surface area contributed by atoms with E-state index in [-0.39, 0.29) is 23.0 Å². The predicted molar refractivity (Wildman–Crippen MR) is 113 cm³/mol. The second-order valence-electron chi connectivity index (χ2n) is 7.16. The fraction of sp³-hybridized carbons (Fsp3) is 0.316. The van der Waals surface area contributed by atoms with Crippen LogP contribution in [-0.4, -0.2) is 51.5 Å². The van der Waals surface area contributed by atoms with E-state index in [1.54, 1.807) is 12.1 Å². The van der Waals surface area contributed by atoms with Gasteiger partial charge in [0.2, 0.25) is 5.91 Å². The number of rotatable bonds is 6. The third kappa shape index (κ3) is 4.74. The van der Waals surface area contributed by atoms with Crippen LogP contribution in [0.2, 0.25) is 0 Å². The average Bonchev–Trinajstić information content (AvgIpc) is 2.94. The Hall–Kier alpha value is -2.63. The molecule has 3 rings (SSSR count). The van der Waals surface area contributed by atoms with Crippen molar-refractivity contribution in [1.82, 2.24) is 5.32 Å². The Bertz CT molecular complexity index is 1130. The van der Waals surface area contributed by atoms with Crippen molar-refractivity contribution in [2.24, 2.45) is 0 Å². The van der Waals surface area contributed by atoms with Crippen molar-refractivity contribution in [3.63, 3.8) is 0 Å². The van der Waals surface area contributed by atoms with Gasteiger partial charge in [0, 0.05) is 19.2 Å². The third-order valence-electron chi connectivity index (χ3n) is 4.76. The number of aliphatic hydroxyl groups is 1. The van der Waals surface area contributed by atoms with Crippen LogP contribution >= 0.6 is 0 Å². The number of nitrogens with zero attached hydrogens (tertiary/aromatic N) is 1. The van der Waals surface area contributed by atoms with E-state index in [2.05, 4.69) is 5.32 Å². The molecule has 1 fully saturated rings. The summed E-state index contributed by atoms with van der Waals surface area (Å²) in [5, 5.41) is 13.0. The summed E-state index contributed by atoms with van der Waals surface area (Å²) in [5.74, 6) is -1.20. The number of nitrogens with two attached hydrogens (primary N) is 1. The largest absolute Gasteiger partial charge is 0.399 e. The van der Waals surface area contributed by atoms with E-state index >= 15 is 0 Å². The van der Waals surface area contributed by atoms with Gasteiger partial charge in [0.25, 0.3) is 10.0 Å². The molecule has 0 unspecified atom stereocenters. The Kier molecular flexibility index (Phi) is 6.06. The molecule has 2 aromatic rings. The Morgan fingerprint density at radius 2 is 1.73 bits per heavy atom. The highest BCUT2D eigenvalue weighted by Crippen LogP contribution is 2.31. The maximum atomic E-state index is 13.5. The number of amides is 1. The molecule has 1 saturated heterocycles. The van der Waals surface area contributed by atoms with Crippen LogP contribution in [0.3, 0.4) is 0 Å². The van der Waals surface area contributed by atoms with Crippen molar-refractivity contribution in [1.29, 1.82) is 0 Å². The summed E-state index contributed by atoms with van der Waals surface area (Å²) in [6, 6.07) is 10.7. The lowest BCUT2D eigenvalue weighted by atomic mass is 10.2. The van der Waals surface area contributed by atoms with Gasteiger partial charge < -0.3 is 16.2 Å². The van der Waals surface area contributed by atoms with E-state index in [0.717, 1.165) is 4.31 Å².